The summed E-state index contributed by atoms with van der Waals surface area (Å²) in [5.74, 6) is -0.00699. The standard InChI is InChI=1S/C14H21NO2S/c1-10(2)15(7-8-16)14(17)13-9-12(18-4)6-5-11(13)3/h5-6,9-10,16H,7-8H2,1-4H3. The normalized spacial score (nSPS) is 10.8. The summed E-state index contributed by atoms with van der Waals surface area (Å²) in [4.78, 5) is 15.3. The van der Waals surface area contributed by atoms with Crippen LogP contribution in [-0.4, -0.2) is 41.4 Å². The van der Waals surface area contributed by atoms with E-state index in [1.165, 1.54) is 0 Å². The van der Waals surface area contributed by atoms with Crippen LogP contribution in [0.5, 0.6) is 0 Å². The van der Waals surface area contributed by atoms with E-state index < -0.39 is 0 Å². The summed E-state index contributed by atoms with van der Waals surface area (Å²) in [6, 6.07) is 6.00. The molecule has 100 valence electrons. The summed E-state index contributed by atoms with van der Waals surface area (Å²) >= 11 is 1.62. The van der Waals surface area contributed by atoms with E-state index in [0.29, 0.717) is 6.54 Å². The van der Waals surface area contributed by atoms with Gasteiger partial charge in [-0.25, -0.2) is 0 Å². The van der Waals surface area contributed by atoms with Gasteiger partial charge in [-0.15, -0.1) is 11.8 Å². The van der Waals surface area contributed by atoms with E-state index >= 15 is 0 Å². The van der Waals surface area contributed by atoms with Crippen molar-refractivity contribution in [3.05, 3.63) is 29.3 Å². The molecule has 0 aromatic heterocycles. The topological polar surface area (TPSA) is 40.5 Å². The summed E-state index contributed by atoms with van der Waals surface area (Å²) in [7, 11) is 0. The number of aryl methyl sites for hydroxylation is 1. The third kappa shape index (κ3) is 3.50. The lowest BCUT2D eigenvalue weighted by molar-refractivity contribution is 0.0664. The van der Waals surface area contributed by atoms with E-state index in [9.17, 15) is 4.79 Å². The van der Waals surface area contributed by atoms with Crippen molar-refractivity contribution in [3.8, 4) is 0 Å². The maximum Gasteiger partial charge on any atom is 0.254 e. The highest BCUT2D eigenvalue weighted by Crippen LogP contribution is 2.21. The lowest BCUT2D eigenvalue weighted by Gasteiger charge is -2.26. The van der Waals surface area contributed by atoms with E-state index in [0.717, 1.165) is 16.0 Å². The Hall–Kier alpha value is -1.00. The molecule has 1 aromatic carbocycles. The van der Waals surface area contributed by atoms with Crippen LogP contribution < -0.4 is 0 Å². The van der Waals surface area contributed by atoms with Crippen LogP contribution in [0.25, 0.3) is 0 Å². The number of carbonyl (C=O) groups is 1. The van der Waals surface area contributed by atoms with Crippen LogP contribution in [0.4, 0.5) is 0 Å². The molecule has 18 heavy (non-hydrogen) atoms. The van der Waals surface area contributed by atoms with Crippen molar-refractivity contribution in [1.29, 1.82) is 0 Å². The maximum atomic E-state index is 12.5. The van der Waals surface area contributed by atoms with Crippen LogP contribution in [0.1, 0.15) is 29.8 Å². The van der Waals surface area contributed by atoms with Crippen LogP contribution in [-0.2, 0) is 0 Å². The number of nitrogens with zero attached hydrogens (tertiary/aromatic N) is 1. The molecular weight excluding hydrogens is 246 g/mol. The summed E-state index contributed by atoms with van der Waals surface area (Å²) in [6.07, 6.45) is 1.99. The number of benzene rings is 1. The van der Waals surface area contributed by atoms with Crippen molar-refractivity contribution in [2.24, 2.45) is 0 Å². The fourth-order valence-corrected chi connectivity index (χ4v) is 2.26. The van der Waals surface area contributed by atoms with Gasteiger partial charge < -0.3 is 10.0 Å². The van der Waals surface area contributed by atoms with E-state index in [2.05, 4.69) is 0 Å². The lowest BCUT2D eigenvalue weighted by Crippen LogP contribution is -2.39. The smallest absolute Gasteiger partial charge is 0.254 e. The third-order valence-corrected chi connectivity index (χ3v) is 3.63. The van der Waals surface area contributed by atoms with Gasteiger partial charge in [0.1, 0.15) is 0 Å². The number of amides is 1. The molecule has 0 fully saturated rings. The largest absolute Gasteiger partial charge is 0.395 e. The fraction of sp³-hybridized carbons (Fsp3) is 0.500. The van der Waals surface area contributed by atoms with Crippen molar-refractivity contribution in [3.63, 3.8) is 0 Å². The van der Waals surface area contributed by atoms with E-state index in [-0.39, 0.29) is 18.6 Å². The third-order valence-electron chi connectivity index (χ3n) is 2.90. The Kier molecular flexibility index (Phi) is 5.69. The minimum Gasteiger partial charge on any atom is -0.395 e. The van der Waals surface area contributed by atoms with E-state index in [4.69, 9.17) is 5.11 Å². The Morgan fingerprint density at radius 3 is 2.61 bits per heavy atom. The lowest BCUT2D eigenvalue weighted by atomic mass is 10.1. The number of carbonyl (C=O) groups excluding carboxylic acids is 1. The summed E-state index contributed by atoms with van der Waals surface area (Å²) in [6.45, 7) is 6.22. The first kappa shape index (κ1) is 15.1. The van der Waals surface area contributed by atoms with Crippen molar-refractivity contribution < 1.29 is 9.90 Å². The Morgan fingerprint density at radius 1 is 1.44 bits per heavy atom. The van der Waals surface area contributed by atoms with Crippen LogP contribution in [0.2, 0.25) is 0 Å². The van der Waals surface area contributed by atoms with E-state index in [1.807, 2.05) is 45.2 Å². The van der Waals surface area contributed by atoms with Gasteiger partial charge in [0.25, 0.3) is 5.91 Å². The molecule has 0 bridgehead atoms. The molecule has 0 heterocycles. The molecule has 1 aromatic rings. The zero-order chi connectivity index (χ0) is 13.7. The Labute approximate surface area is 113 Å². The number of aliphatic hydroxyl groups is 1. The molecule has 1 amide bonds. The number of hydrogen-bond donors (Lipinski definition) is 1. The first-order chi connectivity index (χ1) is 8.51. The van der Waals surface area contributed by atoms with Gasteiger partial charge in [0.2, 0.25) is 0 Å². The Bertz CT molecular complexity index is 418. The van der Waals surface area contributed by atoms with Crippen molar-refractivity contribution in [2.45, 2.75) is 31.7 Å². The second-order valence-corrected chi connectivity index (χ2v) is 5.38. The molecule has 0 radical (unpaired) electrons. The Balaban J connectivity index is 3.07. The minimum absolute atomic E-state index is 0.00699. The maximum absolute atomic E-state index is 12.5. The molecule has 4 heteroatoms. The van der Waals surface area contributed by atoms with Gasteiger partial charge in [0, 0.05) is 23.0 Å². The minimum atomic E-state index is -0.00874. The average Bonchev–Trinajstić information content (AvgIpc) is 2.35. The molecule has 0 unspecified atom stereocenters. The quantitative estimate of drug-likeness (QED) is 0.834. The van der Waals surface area contributed by atoms with Crippen molar-refractivity contribution in [2.75, 3.05) is 19.4 Å². The second kappa shape index (κ2) is 6.81. The molecule has 0 spiro atoms. The summed E-state index contributed by atoms with van der Waals surface area (Å²) < 4.78 is 0. The fourth-order valence-electron chi connectivity index (χ4n) is 1.82. The highest BCUT2D eigenvalue weighted by atomic mass is 32.2. The van der Waals surface area contributed by atoms with Crippen LogP contribution >= 0.6 is 11.8 Å². The first-order valence-corrected chi connectivity index (χ1v) is 7.30. The van der Waals surface area contributed by atoms with Crippen LogP contribution in [0.15, 0.2) is 23.1 Å². The predicted octanol–water partition coefficient (Wildman–Crippen LogP) is 2.56. The highest BCUT2D eigenvalue weighted by molar-refractivity contribution is 7.98. The molecule has 0 saturated heterocycles. The molecule has 1 N–H and O–H groups in total. The molecule has 0 aliphatic rings. The molecule has 0 saturated carbocycles. The summed E-state index contributed by atoms with van der Waals surface area (Å²) in [5, 5.41) is 9.05. The van der Waals surface area contributed by atoms with Crippen LogP contribution in [0, 0.1) is 6.92 Å². The van der Waals surface area contributed by atoms with Gasteiger partial charge in [-0.05, 0) is 44.7 Å². The zero-order valence-electron chi connectivity index (χ0n) is 11.4. The van der Waals surface area contributed by atoms with Gasteiger partial charge in [-0.1, -0.05) is 6.07 Å². The summed E-state index contributed by atoms with van der Waals surface area (Å²) in [5.41, 5.74) is 1.70. The number of thioether (sulfide) groups is 1. The monoisotopic (exact) mass is 267 g/mol. The first-order valence-electron chi connectivity index (χ1n) is 6.07. The predicted molar refractivity (Wildman–Crippen MR) is 76.2 cm³/mol. The van der Waals surface area contributed by atoms with Gasteiger partial charge >= 0.3 is 0 Å². The van der Waals surface area contributed by atoms with Crippen molar-refractivity contribution >= 4 is 17.7 Å². The van der Waals surface area contributed by atoms with Crippen LogP contribution in [0.3, 0.4) is 0 Å². The van der Waals surface area contributed by atoms with Gasteiger partial charge in [0.05, 0.1) is 6.61 Å². The van der Waals surface area contributed by atoms with Gasteiger partial charge in [0.15, 0.2) is 0 Å². The van der Waals surface area contributed by atoms with Crippen molar-refractivity contribution in [1.82, 2.24) is 4.90 Å². The van der Waals surface area contributed by atoms with Gasteiger partial charge in [-0.2, -0.15) is 0 Å². The second-order valence-electron chi connectivity index (χ2n) is 4.50. The van der Waals surface area contributed by atoms with Gasteiger partial charge in [-0.3, -0.25) is 4.79 Å². The SMILES string of the molecule is CSc1ccc(C)c(C(=O)N(CCO)C(C)C)c1. The molecular formula is C14H21NO2S. The van der Waals surface area contributed by atoms with E-state index in [1.54, 1.807) is 16.7 Å². The number of hydrogen-bond acceptors (Lipinski definition) is 3. The number of rotatable bonds is 5. The molecule has 0 aliphatic carbocycles. The molecule has 3 nitrogen and oxygen atoms in total. The molecule has 0 atom stereocenters. The molecule has 1 rings (SSSR count). The zero-order valence-corrected chi connectivity index (χ0v) is 12.3. The Morgan fingerprint density at radius 2 is 2.11 bits per heavy atom. The average molecular weight is 267 g/mol. The highest BCUT2D eigenvalue weighted by Gasteiger charge is 2.20. The number of aliphatic hydroxyl groups excluding tert-OH is 1. The molecule has 0 aliphatic heterocycles.